The Kier molecular flexibility index (Phi) is 8.13. The first-order valence-electron chi connectivity index (χ1n) is 10.9. The molecule has 35 heavy (non-hydrogen) atoms. The fraction of sp³-hybridized carbons (Fsp3) is 0.333. The molecule has 1 atom stereocenters. The van der Waals surface area contributed by atoms with Crippen LogP contribution in [0.1, 0.15) is 63.8 Å². The Morgan fingerprint density at radius 1 is 1.20 bits per heavy atom. The van der Waals surface area contributed by atoms with Crippen LogP contribution in [0, 0.1) is 0 Å². The largest absolute Gasteiger partial charge is 0.497 e. The standard InChI is InChI=1S/C24H29N5O4S2/c1-5-24(2,3)27-22(31)19(14-8-10-15(33-4)11-9-14)29(13-16-7-6-12-34-16)23(32)20-17(25)18(21(26)30)28-35-20/h6-12,19H,5,13,25H2,1-4H3,(H2,26,30)(H,27,31)/t19-/m0/s1. The number of carbonyl (C=O) groups excluding carboxylic acids is 3. The van der Waals surface area contributed by atoms with E-state index in [0.717, 1.165) is 16.4 Å². The number of rotatable bonds is 10. The molecule has 2 aromatic heterocycles. The van der Waals surface area contributed by atoms with Gasteiger partial charge in [0.2, 0.25) is 5.91 Å². The number of nitrogens with zero attached hydrogens (tertiary/aromatic N) is 2. The zero-order valence-corrected chi connectivity index (χ0v) is 21.7. The SMILES string of the molecule is CCC(C)(C)NC(=O)[C@H](c1ccc(OC)cc1)N(Cc1cccs1)C(=O)c1snc(C(N)=O)c1N. The van der Waals surface area contributed by atoms with Gasteiger partial charge in [0.05, 0.1) is 19.3 Å². The molecule has 0 saturated carbocycles. The maximum Gasteiger partial charge on any atom is 0.270 e. The van der Waals surface area contributed by atoms with Gasteiger partial charge in [-0.25, -0.2) is 0 Å². The summed E-state index contributed by atoms with van der Waals surface area (Å²) in [6.45, 7) is 5.96. The third-order valence-electron chi connectivity index (χ3n) is 5.66. The minimum atomic E-state index is -0.986. The van der Waals surface area contributed by atoms with E-state index in [-0.39, 0.29) is 28.7 Å². The molecule has 0 aliphatic heterocycles. The van der Waals surface area contributed by atoms with Gasteiger partial charge in [0.15, 0.2) is 5.69 Å². The number of amides is 3. The van der Waals surface area contributed by atoms with E-state index in [1.165, 1.54) is 16.2 Å². The highest BCUT2D eigenvalue weighted by Gasteiger charge is 2.36. The van der Waals surface area contributed by atoms with E-state index in [1.54, 1.807) is 31.4 Å². The van der Waals surface area contributed by atoms with Crippen LogP contribution in [0.15, 0.2) is 41.8 Å². The number of hydrogen-bond acceptors (Lipinski definition) is 8. The van der Waals surface area contributed by atoms with Gasteiger partial charge in [-0.05, 0) is 60.9 Å². The van der Waals surface area contributed by atoms with Crippen LogP contribution in [0.25, 0.3) is 0 Å². The third-order valence-corrected chi connectivity index (χ3v) is 7.37. The van der Waals surface area contributed by atoms with Crippen molar-refractivity contribution in [3.63, 3.8) is 0 Å². The minimum Gasteiger partial charge on any atom is -0.497 e. The summed E-state index contributed by atoms with van der Waals surface area (Å²) in [5.74, 6) is -1.07. The number of ether oxygens (including phenoxy) is 1. The molecule has 0 saturated heterocycles. The maximum atomic E-state index is 13.9. The quantitative estimate of drug-likeness (QED) is 0.377. The summed E-state index contributed by atoms with van der Waals surface area (Å²) in [6, 6.07) is 9.75. The van der Waals surface area contributed by atoms with Crippen LogP contribution in [0.4, 0.5) is 5.69 Å². The Labute approximate surface area is 212 Å². The number of thiophene rings is 1. The summed E-state index contributed by atoms with van der Waals surface area (Å²) in [5, 5.41) is 4.96. The van der Waals surface area contributed by atoms with Crippen molar-refractivity contribution in [3.05, 3.63) is 62.8 Å². The predicted molar refractivity (Wildman–Crippen MR) is 137 cm³/mol. The molecule has 3 rings (SSSR count). The van der Waals surface area contributed by atoms with Gasteiger partial charge in [0.25, 0.3) is 11.8 Å². The van der Waals surface area contributed by atoms with Crippen molar-refractivity contribution < 1.29 is 19.1 Å². The van der Waals surface area contributed by atoms with Gasteiger partial charge in [0, 0.05) is 10.4 Å². The molecule has 0 bridgehead atoms. The number of benzene rings is 1. The lowest BCUT2D eigenvalue weighted by molar-refractivity contribution is -0.127. The van der Waals surface area contributed by atoms with Crippen molar-refractivity contribution in [1.29, 1.82) is 0 Å². The van der Waals surface area contributed by atoms with Crippen molar-refractivity contribution >= 4 is 46.3 Å². The molecule has 0 aliphatic carbocycles. The van der Waals surface area contributed by atoms with Gasteiger partial charge in [-0.15, -0.1) is 11.3 Å². The third kappa shape index (κ3) is 5.98. The number of nitrogens with one attached hydrogen (secondary N) is 1. The normalized spacial score (nSPS) is 12.1. The van der Waals surface area contributed by atoms with Crippen molar-refractivity contribution in [2.45, 2.75) is 45.3 Å². The number of methoxy groups -OCH3 is 1. The second-order valence-electron chi connectivity index (χ2n) is 8.55. The Morgan fingerprint density at radius 3 is 2.40 bits per heavy atom. The van der Waals surface area contributed by atoms with Crippen LogP contribution in [0.5, 0.6) is 5.75 Å². The number of nitrogen functional groups attached to an aromatic ring is 1. The Morgan fingerprint density at radius 2 is 1.89 bits per heavy atom. The molecule has 3 amide bonds. The molecular weight excluding hydrogens is 486 g/mol. The van der Waals surface area contributed by atoms with Crippen LogP contribution < -0.4 is 21.5 Å². The van der Waals surface area contributed by atoms with Crippen molar-refractivity contribution in [2.75, 3.05) is 12.8 Å². The minimum absolute atomic E-state index is 0.0522. The van der Waals surface area contributed by atoms with Crippen molar-refractivity contribution in [3.8, 4) is 5.75 Å². The Balaban J connectivity index is 2.13. The number of hydrogen-bond donors (Lipinski definition) is 3. The van der Waals surface area contributed by atoms with Gasteiger partial charge >= 0.3 is 0 Å². The average Bonchev–Trinajstić information content (AvgIpc) is 3.48. The van der Waals surface area contributed by atoms with Gasteiger partial charge in [-0.3, -0.25) is 14.4 Å². The van der Waals surface area contributed by atoms with Crippen molar-refractivity contribution in [2.24, 2.45) is 5.73 Å². The maximum absolute atomic E-state index is 13.9. The number of aromatic nitrogens is 1. The molecule has 3 aromatic rings. The Bertz CT molecular complexity index is 1190. The first kappa shape index (κ1) is 26.2. The van der Waals surface area contributed by atoms with Crippen LogP contribution in [0.2, 0.25) is 0 Å². The lowest BCUT2D eigenvalue weighted by atomic mass is 9.98. The summed E-state index contributed by atoms with van der Waals surface area (Å²) in [4.78, 5) is 41.7. The molecule has 186 valence electrons. The van der Waals surface area contributed by atoms with E-state index in [1.807, 2.05) is 38.3 Å². The molecule has 5 N–H and O–H groups in total. The number of nitrogens with two attached hydrogens (primary N) is 2. The molecule has 1 aromatic carbocycles. The molecule has 0 aliphatic rings. The first-order chi connectivity index (χ1) is 16.6. The summed E-state index contributed by atoms with van der Waals surface area (Å²) in [7, 11) is 1.55. The Hall–Kier alpha value is -3.44. The van der Waals surface area contributed by atoms with Crippen molar-refractivity contribution in [1.82, 2.24) is 14.6 Å². The summed E-state index contributed by atoms with van der Waals surface area (Å²) in [5.41, 5.74) is 11.3. The van der Waals surface area contributed by atoms with Gasteiger partial charge in [0.1, 0.15) is 16.7 Å². The highest BCUT2D eigenvalue weighted by molar-refractivity contribution is 7.10. The van der Waals surface area contributed by atoms with Crippen LogP contribution in [0.3, 0.4) is 0 Å². The van der Waals surface area contributed by atoms with Crippen LogP contribution in [-0.4, -0.2) is 39.6 Å². The fourth-order valence-corrected chi connectivity index (χ4v) is 4.82. The van der Waals surface area contributed by atoms with Crippen LogP contribution in [-0.2, 0) is 11.3 Å². The summed E-state index contributed by atoms with van der Waals surface area (Å²) >= 11 is 2.25. The average molecular weight is 516 g/mol. The zero-order chi connectivity index (χ0) is 25.8. The molecule has 9 nitrogen and oxygen atoms in total. The zero-order valence-electron chi connectivity index (χ0n) is 20.0. The molecule has 0 fully saturated rings. The van der Waals surface area contributed by atoms with E-state index in [2.05, 4.69) is 9.69 Å². The van der Waals surface area contributed by atoms with E-state index in [9.17, 15) is 14.4 Å². The monoisotopic (exact) mass is 515 g/mol. The topological polar surface area (TPSA) is 141 Å². The highest BCUT2D eigenvalue weighted by Crippen LogP contribution is 2.32. The molecular formula is C24H29N5O4S2. The van der Waals surface area contributed by atoms with E-state index >= 15 is 0 Å². The second-order valence-corrected chi connectivity index (χ2v) is 10.4. The molecule has 11 heteroatoms. The fourth-order valence-electron chi connectivity index (χ4n) is 3.36. The van der Waals surface area contributed by atoms with Crippen LogP contribution >= 0.6 is 22.9 Å². The smallest absolute Gasteiger partial charge is 0.270 e. The predicted octanol–water partition coefficient (Wildman–Crippen LogP) is 3.58. The number of primary amides is 1. The van der Waals surface area contributed by atoms with Gasteiger partial charge < -0.3 is 26.4 Å². The van der Waals surface area contributed by atoms with E-state index < -0.39 is 23.4 Å². The molecule has 0 radical (unpaired) electrons. The highest BCUT2D eigenvalue weighted by atomic mass is 32.1. The summed E-state index contributed by atoms with van der Waals surface area (Å²) in [6.07, 6.45) is 0.691. The summed E-state index contributed by atoms with van der Waals surface area (Å²) < 4.78 is 9.23. The molecule has 0 unspecified atom stereocenters. The second kappa shape index (κ2) is 10.9. The van der Waals surface area contributed by atoms with Gasteiger partial charge in [-0.1, -0.05) is 25.1 Å². The van der Waals surface area contributed by atoms with E-state index in [0.29, 0.717) is 17.7 Å². The molecule has 2 heterocycles. The number of anilines is 1. The molecule has 0 spiro atoms. The lowest BCUT2D eigenvalue weighted by Gasteiger charge is -2.34. The lowest BCUT2D eigenvalue weighted by Crippen LogP contribution is -2.50. The van der Waals surface area contributed by atoms with E-state index in [4.69, 9.17) is 16.2 Å². The van der Waals surface area contributed by atoms with Gasteiger partial charge in [-0.2, -0.15) is 4.37 Å². The number of carbonyl (C=O) groups is 3. The first-order valence-corrected chi connectivity index (χ1v) is 12.6.